The van der Waals surface area contributed by atoms with Crippen molar-refractivity contribution in [2.75, 3.05) is 0 Å². The minimum absolute atomic E-state index is 0.538. The van der Waals surface area contributed by atoms with Gasteiger partial charge in [-0.25, -0.2) is 15.0 Å². The molecule has 0 aliphatic carbocycles. The summed E-state index contributed by atoms with van der Waals surface area (Å²) in [4.78, 5) is 20.2. The van der Waals surface area contributed by atoms with Gasteiger partial charge in [0.1, 0.15) is 11.2 Å². The Bertz CT molecular complexity index is 2900. The first-order chi connectivity index (χ1) is 25.2. The van der Waals surface area contributed by atoms with Gasteiger partial charge in [-0.2, -0.15) is 0 Å². The predicted molar refractivity (Wildman–Crippen MR) is 207 cm³/mol. The zero-order valence-corrected chi connectivity index (χ0v) is 27.4. The maximum absolute atomic E-state index is 6.60. The molecule has 0 saturated heterocycles. The lowest BCUT2D eigenvalue weighted by Gasteiger charge is -2.11. The van der Waals surface area contributed by atoms with E-state index >= 15 is 0 Å². The van der Waals surface area contributed by atoms with Crippen LogP contribution in [0.2, 0.25) is 0 Å². The molecule has 5 heteroatoms. The largest absolute Gasteiger partial charge is 0.455 e. The first-order valence-electron chi connectivity index (χ1n) is 17.0. The third kappa shape index (κ3) is 5.11. The lowest BCUT2D eigenvalue weighted by Crippen LogP contribution is -2.00. The van der Waals surface area contributed by atoms with E-state index in [1.807, 2.05) is 60.8 Å². The molecule has 7 aromatic carbocycles. The molecule has 0 radical (unpaired) electrons. The van der Waals surface area contributed by atoms with Gasteiger partial charge in [0.05, 0.1) is 11.1 Å². The normalized spacial score (nSPS) is 11.5. The van der Waals surface area contributed by atoms with Crippen LogP contribution in [-0.4, -0.2) is 19.9 Å². The zero-order chi connectivity index (χ0) is 33.7. The van der Waals surface area contributed by atoms with Gasteiger partial charge in [-0.05, 0) is 57.8 Å². The lowest BCUT2D eigenvalue weighted by molar-refractivity contribution is 0.669. The summed E-state index contributed by atoms with van der Waals surface area (Å²) in [5, 5.41) is 5.49. The molecule has 0 N–H and O–H groups in total. The van der Waals surface area contributed by atoms with Crippen molar-refractivity contribution in [1.29, 1.82) is 0 Å². The van der Waals surface area contributed by atoms with Crippen LogP contribution in [0, 0.1) is 0 Å². The summed E-state index contributed by atoms with van der Waals surface area (Å²) in [6.45, 7) is 0. The zero-order valence-electron chi connectivity index (χ0n) is 27.4. The Kier molecular flexibility index (Phi) is 6.74. The minimum atomic E-state index is 0.538. The Labute approximate surface area is 293 Å². The van der Waals surface area contributed by atoms with Gasteiger partial charge in [-0.15, -0.1) is 0 Å². The van der Waals surface area contributed by atoms with Crippen molar-refractivity contribution in [2.45, 2.75) is 0 Å². The Morgan fingerprint density at radius 1 is 0.373 bits per heavy atom. The SMILES string of the molecule is c1ccc(-c2ccc(-c3nc(-c4ccccc4)nc(-c4cc(-c5cnc6ccc7ccccc7c6c5)cc5c4oc4ccccc45)n3)cc2)cc1. The number of aromatic nitrogens is 4. The van der Waals surface area contributed by atoms with Crippen LogP contribution in [0.5, 0.6) is 0 Å². The third-order valence-corrected chi connectivity index (χ3v) is 9.56. The standard InChI is InChI=1S/C46H28N4O/c1-3-11-29(12-4-1)30-19-21-33(22-20-30)45-48-44(32-14-5-2-6-15-32)49-46(50-45)40-26-34(25-39-37-17-9-10-18-42(37)51-43(39)40)35-27-38-36-16-8-7-13-31(36)23-24-41(38)47-28-35/h1-28H. The Balaban J connectivity index is 1.20. The second-order valence-electron chi connectivity index (χ2n) is 12.7. The number of rotatable bonds is 5. The summed E-state index contributed by atoms with van der Waals surface area (Å²) in [5.41, 5.74) is 9.39. The Morgan fingerprint density at radius 2 is 0.961 bits per heavy atom. The van der Waals surface area contributed by atoms with Crippen LogP contribution >= 0.6 is 0 Å². The number of benzene rings is 7. The van der Waals surface area contributed by atoms with Crippen molar-refractivity contribution in [2.24, 2.45) is 0 Å². The molecule has 3 aromatic heterocycles. The van der Waals surface area contributed by atoms with Crippen LogP contribution in [0.25, 0.3) is 100 Å². The number of hydrogen-bond acceptors (Lipinski definition) is 5. The van der Waals surface area contributed by atoms with E-state index in [1.165, 1.54) is 10.8 Å². The first-order valence-corrected chi connectivity index (χ1v) is 17.0. The second kappa shape index (κ2) is 11.9. The van der Waals surface area contributed by atoms with Gasteiger partial charge in [-0.3, -0.25) is 4.98 Å². The number of pyridine rings is 1. The van der Waals surface area contributed by atoms with Gasteiger partial charge in [0.2, 0.25) is 0 Å². The smallest absolute Gasteiger partial charge is 0.167 e. The van der Waals surface area contributed by atoms with Crippen molar-refractivity contribution >= 4 is 43.6 Å². The summed E-state index contributed by atoms with van der Waals surface area (Å²) < 4.78 is 6.60. The van der Waals surface area contributed by atoms with E-state index < -0.39 is 0 Å². The third-order valence-electron chi connectivity index (χ3n) is 9.56. The lowest BCUT2D eigenvalue weighted by atomic mass is 9.97. The highest BCUT2D eigenvalue weighted by Crippen LogP contribution is 2.40. The van der Waals surface area contributed by atoms with E-state index in [9.17, 15) is 0 Å². The number of para-hydroxylation sites is 1. The highest BCUT2D eigenvalue weighted by Gasteiger charge is 2.20. The van der Waals surface area contributed by atoms with Gasteiger partial charge in [0, 0.05) is 39.0 Å². The molecule has 3 heterocycles. The van der Waals surface area contributed by atoms with Gasteiger partial charge in [-0.1, -0.05) is 133 Å². The van der Waals surface area contributed by atoms with E-state index in [0.29, 0.717) is 17.5 Å². The van der Waals surface area contributed by atoms with Crippen LogP contribution in [0.15, 0.2) is 174 Å². The molecule has 10 aromatic rings. The second-order valence-corrected chi connectivity index (χ2v) is 12.7. The highest BCUT2D eigenvalue weighted by atomic mass is 16.3. The summed E-state index contributed by atoms with van der Waals surface area (Å²) in [5.74, 6) is 1.72. The summed E-state index contributed by atoms with van der Waals surface area (Å²) in [6, 6.07) is 56.2. The minimum Gasteiger partial charge on any atom is -0.455 e. The highest BCUT2D eigenvalue weighted by molar-refractivity contribution is 6.12. The molecule has 0 aliphatic rings. The molecule has 0 atom stereocenters. The Hall–Kier alpha value is -6.98. The molecule has 0 saturated carbocycles. The van der Waals surface area contributed by atoms with Crippen LogP contribution in [0.3, 0.4) is 0 Å². The van der Waals surface area contributed by atoms with Crippen molar-refractivity contribution in [3.63, 3.8) is 0 Å². The summed E-state index contributed by atoms with van der Waals surface area (Å²) in [6.07, 6.45) is 1.95. The van der Waals surface area contributed by atoms with Crippen molar-refractivity contribution < 1.29 is 4.42 Å². The van der Waals surface area contributed by atoms with Gasteiger partial charge >= 0.3 is 0 Å². The van der Waals surface area contributed by atoms with E-state index in [-0.39, 0.29) is 0 Å². The predicted octanol–water partition coefficient (Wildman–Crippen LogP) is 11.8. The molecule has 238 valence electrons. The molecule has 0 aliphatic heterocycles. The van der Waals surface area contributed by atoms with Crippen LogP contribution in [0.4, 0.5) is 0 Å². The van der Waals surface area contributed by atoms with Crippen LogP contribution in [-0.2, 0) is 0 Å². The average Bonchev–Trinajstić information content (AvgIpc) is 3.59. The monoisotopic (exact) mass is 652 g/mol. The fourth-order valence-corrected chi connectivity index (χ4v) is 6.98. The van der Waals surface area contributed by atoms with Crippen molar-refractivity contribution in [3.05, 3.63) is 170 Å². The molecule has 0 unspecified atom stereocenters. The fourth-order valence-electron chi connectivity index (χ4n) is 6.98. The van der Waals surface area contributed by atoms with E-state index in [0.717, 1.165) is 71.8 Å². The molecule has 0 bridgehead atoms. The fraction of sp³-hybridized carbons (Fsp3) is 0. The van der Waals surface area contributed by atoms with Crippen LogP contribution < -0.4 is 0 Å². The topological polar surface area (TPSA) is 64.7 Å². The molecular formula is C46H28N4O. The van der Waals surface area contributed by atoms with Crippen LogP contribution in [0.1, 0.15) is 0 Å². The van der Waals surface area contributed by atoms with E-state index in [2.05, 4.69) is 109 Å². The molecule has 5 nitrogen and oxygen atoms in total. The van der Waals surface area contributed by atoms with Gasteiger partial charge < -0.3 is 4.42 Å². The summed E-state index contributed by atoms with van der Waals surface area (Å²) in [7, 11) is 0. The van der Waals surface area contributed by atoms with Gasteiger partial charge in [0.25, 0.3) is 0 Å². The van der Waals surface area contributed by atoms with Crippen molar-refractivity contribution in [1.82, 2.24) is 19.9 Å². The molecule has 0 amide bonds. The number of nitrogens with zero attached hydrogens (tertiary/aromatic N) is 4. The molecule has 0 spiro atoms. The quantitative estimate of drug-likeness (QED) is 0.173. The molecule has 10 rings (SSSR count). The maximum Gasteiger partial charge on any atom is 0.167 e. The van der Waals surface area contributed by atoms with E-state index in [4.69, 9.17) is 24.4 Å². The molecular weight excluding hydrogens is 625 g/mol. The van der Waals surface area contributed by atoms with Crippen molar-refractivity contribution in [3.8, 4) is 56.4 Å². The average molecular weight is 653 g/mol. The molecule has 0 fully saturated rings. The Morgan fingerprint density at radius 3 is 1.75 bits per heavy atom. The van der Waals surface area contributed by atoms with Gasteiger partial charge in [0.15, 0.2) is 17.5 Å². The number of hydrogen-bond donors (Lipinski definition) is 0. The number of fused-ring (bicyclic) bond motifs is 6. The summed E-state index contributed by atoms with van der Waals surface area (Å²) >= 11 is 0. The first kappa shape index (κ1) is 29.0. The molecule has 51 heavy (non-hydrogen) atoms. The van der Waals surface area contributed by atoms with E-state index in [1.54, 1.807) is 0 Å². The number of furan rings is 1. The maximum atomic E-state index is 6.60.